The number of aliphatic carboxylic acids is 1. The Balaban J connectivity index is -0.00000180. The van der Waals surface area contributed by atoms with Crippen molar-refractivity contribution >= 4 is 80.4 Å². The van der Waals surface area contributed by atoms with Crippen molar-refractivity contribution in [3.05, 3.63) is 0 Å². The summed E-state index contributed by atoms with van der Waals surface area (Å²) in [5, 5.41) is 8.52. The summed E-state index contributed by atoms with van der Waals surface area (Å²) in [5.41, 5.74) is 0. The number of unbranched alkanes of at least 4 members (excludes halogenated alkanes) is 14. The first-order chi connectivity index (χ1) is 9.77. The summed E-state index contributed by atoms with van der Waals surface area (Å²) < 4.78 is 0. The molecule has 0 aliphatic heterocycles. The normalized spacial score (nSPS) is 9.86. The molecule has 0 amide bonds. The predicted octanol–water partition coefficient (Wildman–Crippen LogP) is 4.77. The second-order valence-corrected chi connectivity index (χ2v) is 6.09. The van der Waals surface area contributed by atoms with E-state index in [0.717, 1.165) is 12.8 Å². The van der Waals surface area contributed by atoms with Gasteiger partial charge in [-0.15, -0.1) is 0 Å². The molecule has 0 atom stereocenters. The summed E-state index contributed by atoms with van der Waals surface area (Å²) in [4.78, 5) is 10.3. The maximum Gasteiger partial charge on any atom is 0.316 e. The second-order valence-electron chi connectivity index (χ2n) is 6.09. The van der Waals surface area contributed by atoms with Crippen molar-refractivity contribution < 1.29 is 9.90 Å². The van der Waals surface area contributed by atoms with Gasteiger partial charge in [0, 0.05) is 6.42 Å². The molecule has 0 aromatic carbocycles. The molecule has 0 aliphatic rings. The van der Waals surface area contributed by atoms with Gasteiger partial charge in [0.25, 0.3) is 0 Å². The fourth-order valence-electron chi connectivity index (χ4n) is 2.65. The Kier molecular flexibility index (Phi) is 32.7. The molecule has 0 spiro atoms. The third kappa shape index (κ3) is 26.8. The van der Waals surface area contributed by atoms with E-state index < -0.39 is 5.97 Å². The molecule has 0 bridgehead atoms. The van der Waals surface area contributed by atoms with Crippen LogP contribution in [-0.2, 0) is 4.79 Å². The van der Waals surface area contributed by atoms with Crippen molar-refractivity contribution in [3.63, 3.8) is 0 Å². The molecule has 22 heavy (non-hydrogen) atoms. The van der Waals surface area contributed by atoms with Crippen LogP contribution in [0.3, 0.4) is 0 Å². The third-order valence-corrected chi connectivity index (χ3v) is 3.99. The maximum absolute atomic E-state index is 10.3. The summed E-state index contributed by atoms with van der Waals surface area (Å²) in [7, 11) is 0. The van der Waals surface area contributed by atoms with Crippen LogP contribution in [0.25, 0.3) is 0 Å². The molecule has 0 rings (SSSR count). The molecule has 126 valence electrons. The Labute approximate surface area is 197 Å². The molecule has 1 N–H and O–H groups in total. The fraction of sp³-hybridized carbons (Fsp3) is 0.944. The minimum absolute atomic E-state index is 0. The van der Waals surface area contributed by atoms with Crippen molar-refractivity contribution in [1.82, 2.24) is 0 Å². The Morgan fingerprint density at radius 3 is 1.18 bits per heavy atom. The van der Waals surface area contributed by atoms with Crippen molar-refractivity contribution in [3.8, 4) is 0 Å². The van der Waals surface area contributed by atoms with Gasteiger partial charge in [-0.3, -0.25) is 4.79 Å². The summed E-state index contributed by atoms with van der Waals surface area (Å²) in [6, 6.07) is 0. The van der Waals surface area contributed by atoms with Crippen molar-refractivity contribution in [2.24, 2.45) is 0 Å². The number of carboxylic acid groups (broad SMARTS) is 1. The topological polar surface area (TPSA) is 37.3 Å². The van der Waals surface area contributed by atoms with E-state index in [1.54, 1.807) is 0 Å². The number of rotatable bonds is 16. The molecule has 0 radical (unpaired) electrons. The molecule has 0 saturated heterocycles. The zero-order valence-corrected chi connectivity index (χ0v) is 13.7. The van der Waals surface area contributed by atoms with Gasteiger partial charge in [-0.25, -0.2) is 0 Å². The standard InChI is InChI=1S/C18H36O2.K.Mg.3H/c1-2-3-4-5-6-7-8-9-10-11-12-13-14-15-16-17-18(19)20;;;;;/h2-17H2,1H3,(H,19,20);;;;;. The summed E-state index contributed by atoms with van der Waals surface area (Å²) in [6.07, 6.45) is 20.2. The molecule has 0 aromatic rings. The molecule has 0 heterocycles. The molecule has 2 nitrogen and oxygen atoms in total. The first kappa shape index (κ1) is 28.7. The monoisotopic (exact) mass is 350 g/mol. The molecule has 0 unspecified atom stereocenters. The molecular weight excluding hydrogens is 312 g/mol. The molecule has 0 aromatic heterocycles. The van der Waals surface area contributed by atoms with Crippen molar-refractivity contribution in [2.45, 2.75) is 110 Å². The Bertz CT molecular complexity index is 213. The van der Waals surface area contributed by atoms with Gasteiger partial charge in [0.1, 0.15) is 0 Å². The van der Waals surface area contributed by atoms with Crippen LogP contribution in [0.1, 0.15) is 110 Å². The van der Waals surface area contributed by atoms with E-state index in [9.17, 15) is 4.79 Å². The zero-order chi connectivity index (χ0) is 14.9. The molecule has 0 saturated carbocycles. The van der Waals surface area contributed by atoms with Gasteiger partial charge in [-0.1, -0.05) is 96.8 Å². The number of hydrogen-bond donors (Lipinski definition) is 1. The largest absolute Gasteiger partial charge is 0.316 e. The minimum Gasteiger partial charge on any atom is 0.316 e. The van der Waals surface area contributed by atoms with E-state index in [1.165, 1.54) is 83.5 Å². The fourth-order valence-corrected chi connectivity index (χ4v) is 2.65. The SMILES string of the molecule is CCCCCCCCCCCCCCCCCC(=O)O.[KH].[MgH2]. The van der Waals surface area contributed by atoms with Gasteiger partial charge in [0.15, 0.2) is 0 Å². The van der Waals surface area contributed by atoms with E-state index >= 15 is 0 Å². The summed E-state index contributed by atoms with van der Waals surface area (Å²) in [5.74, 6) is -0.653. The first-order valence-electron chi connectivity index (χ1n) is 8.99. The number of carboxylic acids is 1. The van der Waals surface area contributed by atoms with Gasteiger partial charge in [-0.2, -0.15) is 0 Å². The van der Waals surface area contributed by atoms with Gasteiger partial charge in [-0.05, 0) is 6.42 Å². The van der Waals surface area contributed by atoms with Crippen LogP contribution in [0.5, 0.6) is 0 Å². The van der Waals surface area contributed by atoms with Gasteiger partial charge >= 0.3 is 80.4 Å². The minimum atomic E-state index is -0.653. The number of carbonyl (C=O) groups is 1. The van der Waals surface area contributed by atoms with Crippen LogP contribution >= 0.6 is 0 Å². The second kappa shape index (κ2) is 25.1. The third-order valence-electron chi connectivity index (χ3n) is 3.99. The Morgan fingerprint density at radius 1 is 0.636 bits per heavy atom. The maximum atomic E-state index is 10.3. The predicted molar refractivity (Wildman–Crippen MR) is 103 cm³/mol. The van der Waals surface area contributed by atoms with Crippen LogP contribution in [-0.4, -0.2) is 85.5 Å². The average Bonchev–Trinajstić information content (AvgIpc) is 2.43. The number of hydrogen-bond acceptors (Lipinski definition) is 1. The molecule has 4 heteroatoms. The van der Waals surface area contributed by atoms with Crippen molar-refractivity contribution in [2.75, 3.05) is 0 Å². The van der Waals surface area contributed by atoms with E-state index in [4.69, 9.17) is 5.11 Å². The van der Waals surface area contributed by atoms with Gasteiger partial charge in [0.2, 0.25) is 0 Å². The summed E-state index contributed by atoms with van der Waals surface area (Å²) in [6.45, 7) is 2.27. The first-order valence-corrected chi connectivity index (χ1v) is 8.99. The van der Waals surface area contributed by atoms with E-state index in [-0.39, 0.29) is 74.4 Å². The van der Waals surface area contributed by atoms with E-state index in [2.05, 4.69) is 6.92 Å². The van der Waals surface area contributed by atoms with E-state index in [0.29, 0.717) is 6.42 Å². The van der Waals surface area contributed by atoms with Crippen LogP contribution in [0, 0.1) is 0 Å². The van der Waals surface area contributed by atoms with Gasteiger partial charge in [0.05, 0.1) is 0 Å². The average molecular weight is 351 g/mol. The molecule has 0 aliphatic carbocycles. The van der Waals surface area contributed by atoms with Crippen LogP contribution < -0.4 is 0 Å². The zero-order valence-electron chi connectivity index (χ0n) is 13.7. The molecule has 0 fully saturated rings. The van der Waals surface area contributed by atoms with Crippen molar-refractivity contribution in [1.29, 1.82) is 0 Å². The quantitative estimate of drug-likeness (QED) is 0.321. The molecular formula is C18H39KMgO2. The van der Waals surface area contributed by atoms with Crippen LogP contribution in [0.2, 0.25) is 0 Å². The van der Waals surface area contributed by atoms with Crippen LogP contribution in [0.4, 0.5) is 0 Å². The van der Waals surface area contributed by atoms with Crippen LogP contribution in [0.15, 0.2) is 0 Å². The van der Waals surface area contributed by atoms with Gasteiger partial charge < -0.3 is 5.11 Å². The Hall–Kier alpha value is 1.87. The summed E-state index contributed by atoms with van der Waals surface area (Å²) >= 11 is 0. The smallest absolute Gasteiger partial charge is 0.316 e. The van der Waals surface area contributed by atoms with E-state index in [1.807, 2.05) is 0 Å². The Morgan fingerprint density at radius 2 is 0.909 bits per heavy atom.